The van der Waals surface area contributed by atoms with Crippen LogP contribution in [0.2, 0.25) is 5.02 Å². The van der Waals surface area contributed by atoms with Crippen LogP contribution in [0.3, 0.4) is 0 Å². The summed E-state index contributed by atoms with van der Waals surface area (Å²) in [7, 11) is -1.18. The van der Waals surface area contributed by atoms with Crippen LogP contribution < -0.4 is 10.2 Å². The average molecular weight is 477 g/mol. The summed E-state index contributed by atoms with van der Waals surface area (Å²) >= 11 is 5.91. The van der Waals surface area contributed by atoms with E-state index in [1.165, 1.54) is 0 Å². The number of nitrogens with zero attached hydrogens (tertiary/aromatic N) is 5. The predicted molar refractivity (Wildman–Crippen MR) is 125 cm³/mol. The van der Waals surface area contributed by atoms with Crippen LogP contribution in [0.5, 0.6) is 0 Å². The molecule has 0 bridgehead atoms. The van der Waals surface area contributed by atoms with Gasteiger partial charge in [-0.3, -0.25) is 4.21 Å². The fourth-order valence-corrected chi connectivity index (χ4v) is 6.35. The van der Waals surface area contributed by atoms with Gasteiger partial charge in [-0.2, -0.15) is 0 Å². The number of rotatable bonds is 5. The zero-order valence-electron chi connectivity index (χ0n) is 18.5. The van der Waals surface area contributed by atoms with E-state index in [-0.39, 0.29) is 22.8 Å². The first-order chi connectivity index (χ1) is 15.3. The lowest BCUT2D eigenvalue weighted by Gasteiger charge is -2.41. The second kappa shape index (κ2) is 8.18. The summed E-state index contributed by atoms with van der Waals surface area (Å²) in [4.78, 5) is 21.4. The summed E-state index contributed by atoms with van der Waals surface area (Å²) in [5.74, 6) is 2.38. The number of aliphatic hydroxyl groups is 1. The Hall–Kier alpha value is -1.84. The van der Waals surface area contributed by atoms with Gasteiger partial charge < -0.3 is 15.3 Å². The van der Waals surface area contributed by atoms with Gasteiger partial charge in [-0.1, -0.05) is 11.6 Å². The van der Waals surface area contributed by atoms with Crippen molar-refractivity contribution in [2.24, 2.45) is 0 Å². The molecule has 1 saturated carbocycles. The number of piperidine rings is 1. The molecule has 1 unspecified atom stereocenters. The predicted octanol–water partition coefficient (Wildman–Crippen LogP) is 3.07. The lowest BCUT2D eigenvalue weighted by molar-refractivity contribution is 0.143. The van der Waals surface area contributed by atoms with Crippen molar-refractivity contribution >= 4 is 34.2 Å². The Morgan fingerprint density at radius 2 is 1.91 bits per heavy atom. The molecule has 1 saturated heterocycles. The monoisotopic (exact) mass is 476 g/mol. The highest BCUT2D eigenvalue weighted by Gasteiger charge is 2.44. The number of anilines is 2. The molecule has 3 aliphatic rings. The summed E-state index contributed by atoms with van der Waals surface area (Å²) in [6.07, 6.45) is 8.56. The van der Waals surface area contributed by atoms with Gasteiger partial charge in [0.1, 0.15) is 16.5 Å². The molecule has 2 aromatic heterocycles. The summed E-state index contributed by atoms with van der Waals surface area (Å²) in [5.41, 5.74) is 0.530. The van der Waals surface area contributed by atoms with Crippen molar-refractivity contribution in [3.63, 3.8) is 0 Å². The van der Waals surface area contributed by atoms with Crippen molar-refractivity contribution in [1.82, 2.24) is 19.9 Å². The first kappa shape index (κ1) is 22.0. The minimum atomic E-state index is -1.18. The van der Waals surface area contributed by atoms with Crippen LogP contribution in [-0.2, 0) is 17.2 Å². The minimum Gasteiger partial charge on any atom is -0.394 e. The quantitative estimate of drug-likeness (QED) is 0.678. The molecular weight excluding hydrogens is 448 g/mol. The van der Waals surface area contributed by atoms with Gasteiger partial charge in [0, 0.05) is 25.4 Å². The molecule has 2 N–H and O–H groups in total. The zero-order valence-corrected chi connectivity index (χ0v) is 20.0. The van der Waals surface area contributed by atoms with Gasteiger partial charge in [0.05, 0.1) is 50.8 Å². The third-order valence-corrected chi connectivity index (χ3v) is 9.12. The molecule has 0 aromatic carbocycles. The highest BCUT2D eigenvalue weighted by Crippen LogP contribution is 2.43. The van der Waals surface area contributed by atoms with Gasteiger partial charge >= 0.3 is 0 Å². The van der Waals surface area contributed by atoms with E-state index in [0.717, 1.165) is 61.6 Å². The van der Waals surface area contributed by atoms with Crippen LogP contribution in [0, 0.1) is 0 Å². The lowest BCUT2D eigenvalue weighted by atomic mass is 9.77. The van der Waals surface area contributed by atoms with Crippen LogP contribution >= 0.6 is 11.6 Å². The second-order valence-electron chi connectivity index (χ2n) is 9.79. The van der Waals surface area contributed by atoms with Gasteiger partial charge in [0.2, 0.25) is 5.95 Å². The summed E-state index contributed by atoms with van der Waals surface area (Å²) < 4.78 is 12.9. The smallest absolute Gasteiger partial charge is 0.225 e. The number of hydrogen-bond acceptors (Lipinski definition) is 8. The maximum absolute atomic E-state index is 13.2. The van der Waals surface area contributed by atoms with Crippen molar-refractivity contribution in [3.8, 4) is 0 Å². The first-order valence-corrected chi connectivity index (χ1v) is 12.8. The molecule has 10 heteroatoms. The van der Waals surface area contributed by atoms with E-state index >= 15 is 0 Å². The SMILES string of the molecule is CC1(C)Cc2nc(C3CCN(c4ncc(Cl)cn4)CC3)nc(NC3(CO)CCC3)c2S1=O. The zero-order chi connectivity index (χ0) is 22.5. The summed E-state index contributed by atoms with van der Waals surface area (Å²) in [6, 6.07) is 0. The molecule has 2 fully saturated rings. The standard InChI is InChI=1S/C22H29ClN6O2S/c1-21(2)10-16-17(32(21)31)19(28-22(13-30)6-3-7-22)27-18(26-16)14-4-8-29(9-5-14)20-24-11-15(23)12-25-20/h11-12,14,30H,3-10,13H2,1-2H3,(H,26,27,28). The number of hydrogen-bond donors (Lipinski definition) is 2. The fraction of sp³-hybridized carbons (Fsp3) is 0.636. The van der Waals surface area contributed by atoms with E-state index in [0.29, 0.717) is 23.2 Å². The van der Waals surface area contributed by atoms with Gasteiger partial charge in [-0.25, -0.2) is 19.9 Å². The van der Waals surface area contributed by atoms with E-state index < -0.39 is 10.8 Å². The Bertz CT molecular complexity index is 1030. The van der Waals surface area contributed by atoms with Gasteiger partial charge in [0.25, 0.3) is 0 Å². The third-order valence-electron chi connectivity index (χ3n) is 6.98. The van der Waals surface area contributed by atoms with Gasteiger partial charge in [0.15, 0.2) is 0 Å². The maximum atomic E-state index is 13.2. The van der Waals surface area contributed by atoms with Crippen LogP contribution in [0.25, 0.3) is 0 Å². The Labute approximate surface area is 195 Å². The Morgan fingerprint density at radius 1 is 1.22 bits per heavy atom. The van der Waals surface area contributed by atoms with E-state index in [2.05, 4.69) is 20.2 Å². The van der Waals surface area contributed by atoms with Crippen molar-refractivity contribution in [2.75, 3.05) is 29.9 Å². The number of aliphatic hydroxyl groups excluding tert-OH is 1. The van der Waals surface area contributed by atoms with Crippen LogP contribution in [-0.4, -0.2) is 59.2 Å². The number of halogens is 1. The molecular formula is C22H29ClN6O2S. The van der Waals surface area contributed by atoms with Crippen LogP contribution in [0.1, 0.15) is 63.4 Å². The molecule has 0 spiro atoms. The molecule has 5 rings (SSSR count). The molecule has 2 aromatic rings. The van der Waals surface area contributed by atoms with E-state index in [1.807, 2.05) is 13.8 Å². The van der Waals surface area contributed by atoms with Gasteiger partial charge in [-0.05, 0) is 46.0 Å². The average Bonchev–Trinajstić information content (AvgIpc) is 2.99. The highest BCUT2D eigenvalue weighted by molar-refractivity contribution is 7.87. The highest BCUT2D eigenvalue weighted by atomic mass is 35.5. The van der Waals surface area contributed by atoms with E-state index in [1.54, 1.807) is 12.4 Å². The minimum absolute atomic E-state index is 0.0522. The summed E-state index contributed by atoms with van der Waals surface area (Å²) in [6.45, 7) is 5.71. The lowest BCUT2D eigenvalue weighted by Crippen LogP contribution is -2.48. The molecule has 2 aliphatic heterocycles. The van der Waals surface area contributed by atoms with Crippen LogP contribution in [0.15, 0.2) is 17.3 Å². The first-order valence-electron chi connectivity index (χ1n) is 11.2. The molecule has 32 heavy (non-hydrogen) atoms. The van der Waals surface area contributed by atoms with Crippen molar-refractivity contribution in [1.29, 1.82) is 0 Å². The Morgan fingerprint density at radius 3 is 2.50 bits per heavy atom. The number of fused-ring (bicyclic) bond motifs is 1. The molecule has 1 atom stereocenters. The van der Waals surface area contributed by atoms with E-state index in [9.17, 15) is 9.32 Å². The van der Waals surface area contributed by atoms with Crippen molar-refractivity contribution in [3.05, 3.63) is 28.9 Å². The van der Waals surface area contributed by atoms with E-state index in [4.69, 9.17) is 21.6 Å². The molecule has 8 nitrogen and oxygen atoms in total. The molecule has 0 radical (unpaired) electrons. The van der Waals surface area contributed by atoms with Crippen LogP contribution in [0.4, 0.5) is 11.8 Å². The molecule has 0 amide bonds. The Balaban J connectivity index is 1.41. The molecule has 1 aliphatic carbocycles. The third kappa shape index (κ3) is 3.88. The largest absolute Gasteiger partial charge is 0.394 e. The molecule has 4 heterocycles. The maximum Gasteiger partial charge on any atom is 0.225 e. The topological polar surface area (TPSA) is 104 Å². The fourth-order valence-electron chi connectivity index (χ4n) is 4.83. The second-order valence-corrected chi connectivity index (χ2v) is 12.3. The van der Waals surface area contributed by atoms with Crippen molar-refractivity contribution in [2.45, 2.75) is 73.5 Å². The summed E-state index contributed by atoms with van der Waals surface area (Å²) in [5, 5.41) is 14.0. The Kier molecular flexibility index (Phi) is 5.62. The van der Waals surface area contributed by atoms with Gasteiger partial charge in [-0.15, -0.1) is 0 Å². The number of aromatic nitrogens is 4. The number of nitrogens with one attached hydrogen (secondary N) is 1. The van der Waals surface area contributed by atoms with Crippen molar-refractivity contribution < 1.29 is 9.32 Å². The normalized spacial score (nSPS) is 24.1. The molecule has 172 valence electrons.